The predicted octanol–water partition coefficient (Wildman–Crippen LogP) is 3.99. The Morgan fingerprint density at radius 1 is 1.06 bits per heavy atom. The second-order valence-electron chi connectivity index (χ2n) is 5.60. The normalized spacial score (nSPS) is 11.8. The maximum absolute atomic E-state index is 4.29. The Balaban J connectivity index is 2.69. The molecule has 1 N–H and O–H groups in total. The van der Waals surface area contributed by atoms with E-state index in [9.17, 15) is 0 Å². The van der Waals surface area contributed by atoms with Crippen molar-refractivity contribution in [1.82, 2.24) is 10.2 Å². The highest BCUT2D eigenvalue weighted by atomic mass is 15.1. The number of nitrogens with one attached hydrogen (secondary N) is 1. The van der Waals surface area contributed by atoms with Crippen molar-refractivity contribution < 1.29 is 0 Å². The Kier molecular flexibility index (Phi) is 2.82. The van der Waals surface area contributed by atoms with Gasteiger partial charge in [0.2, 0.25) is 0 Å². The van der Waals surface area contributed by atoms with Gasteiger partial charge < -0.3 is 0 Å². The molecule has 0 unspecified atom stereocenters. The number of nitrogens with zero attached hydrogens (tertiary/aromatic N) is 1. The third kappa shape index (κ3) is 2.12. The van der Waals surface area contributed by atoms with Crippen LogP contribution in [0.3, 0.4) is 0 Å². The van der Waals surface area contributed by atoms with Crippen LogP contribution in [-0.2, 0) is 5.41 Å². The summed E-state index contributed by atoms with van der Waals surface area (Å²) in [7, 11) is 0. The molecule has 1 aromatic heterocycles. The van der Waals surface area contributed by atoms with E-state index in [0.717, 1.165) is 11.4 Å². The van der Waals surface area contributed by atoms with Crippen molar-refractivity contribution in [1.29, 1.82) is 0 Å². The van der Waals surface area contributed by atoms with Gasteiger partial charge >= 0.3 is 0 Å². The maximum atomic E-state index is 4.29. The number of H-pyrrole nitrogens is 1. The molecule has 0 saturated carbocycles. The average molecular weight is 228 g/mol. The molecule has 90 valence electrons. The first kappa shape index (κ1) is 11.9. The van der Waals surface area contributed by atoms with Crippen molar-refractivity contribution in [3.8, 4) is 11.1 Å². The first-order chi connectivity index (χ1) is 7.91. The largest absolute Gasteiger partial charge is 0.282 e. The molecule has 2 heteroatoms. The van der Waals surface area contributed by atoms with Gasteiger partial charge in [-0.2, -0.15) is 5.10 Å². The second kappa shape index (κ2) is 4.02. The first-order valence-corrected chi connectivity index (χ1v) is 6.02. The number of rotatable bonds is 1. The van der Waals surface area contributed by atoms with Crippen LogP contribution in [0.4, 0.5) is 0 Å². The summed E-state index contributed by atoms with van der Waals surface area (Å²) in [6.45, 7) is 10.9. The van der Waals surface area contributed by atoms with Crippen LogP contribution >= 0.6 is 0 Å². The zero-order valence-corrected chi connectivity index (χ0v) is 11.3. The molecule has 0 aliphatic rings. The molecule has 0 aliphatic heterocycles. The lowest BCUT2D eigenvalue weighted by Gasteiger charge is -2.23. The van der Waals surface area contributed by atoms with E-state index in [0.29, 0.717) is 0 Å². The predicted molar refractivity (Wildman–Crippen MR) is 72.2 cm³/mol. The van der Waals surface area contributed by atoms with E-state index in [4.69, 9.17) is 0 Å². The van der Waals surface area contributed by atoms with Crippen LogP contribution in [-0.4, -0.2) is 10.2 Å². The van der Waals surface area contributed by atoms with Crippen molar-refractivity contribution in [3.05, 3.63) is 41.2 Å². The summed E-state index contributed by atoms with van der Waals surface area (Å²) in [5.41, 5.74) is 6.26. The molecule has 0 amide bonds. The number of aromatic amines is 1. The molecular weight excluding hydrogens is 208 g/mol. The van der Waals surface area contributed by atoms with Crippen molar-refractivity contribution in [2.24, 2.45) is 0 Å². The van der Waals surface area contributed by atoms with Gasteiger partial charge in [0.1, 0.15) is 0 Å². The summed E-state index contributed by atoms with van der Waals surface area (Å²) in [5.74, 6) is 0. The second-order valence-corrected chi connectivity index (χ2v) is 5.60. The summed E-state index contributed by atoms with van der Waals surface area (Å²) in [4.78, 5) is 0. The van der Waals surface area contributed by atoms with Gasteiger partial charge in [-0.1, -0.05) is 45.0 Å². The molecule has 0 fully saturated rings. The Morgan fingerprint density at radius 2 is 1.71 bits per heavy atom. The van der Waals surface area contributed by atoms with Crippen LogP contribution in [0.1, 0.15) is 37.7 Å². The molecule has 2 nitrogen and oxygen atoms in total. The molecule has 0 aliphatic carbocycles. The van der Waals surface area contributed by atoms with Crippen LogP contribution in [0.25, 0.3) is 11.1 Å². The zero-order valence-electron chi connectivity index (χ0n) is 11.3. The minimum absolute atomic E-state index is 0.146. The van der Waals surface area contributed by atoms with Crippen LogP contribution < -0.4 is 0 Å². The van der Waals surface area contributed by atoms with Gasteiger partial charge in [-0.05, 0) is 30.4 Å². The first-order valence-electron chi connectivity index (χ1n) is 6.02. The molecule has 0 atom stereocenters. The Labute approximate surface area is 103 Å². The highest BCUT2D eigenvalue weighted by Gasteiger charge is 2.20. The molecule has 1 heterocycles. The number of aryl methyl sites for hydroxylation is 2. The van der Waals surface area contributed by atoms with Gasteiger partial charge in [0.25, 0.3) is 0 Å². The summed E-state index contributed by atoms with van der Waals surface area (Å²) in [6.07, 6.45) is 0. The van der Waals surface area contributed by atoms with Crippen molar-refractivity contribution >= 4 is 0 Å². The summed E-state index contributed by atoms with van der Waals surface area (Å²) < 4.78 is 0. The Morgan fingerprint density at radius 3 is 2.24 bits per heavy atom. The maximum Gasteiger partial charge on any atom is 0.0672 e. The van der Waals surface area contributed by atoms with Gasteiger partial charge in [0.05, 0.1) is 5.69 Å². The molecule has 17 heavy (non-hydrogen) atoms. The average Bonchev–Trinajstić information content (AvgIpc) is 2.57. The van der Waals surface area contributed by atoms with E-state index in [2.05, 4.69) is 69.1 Å². The summed E-state index contributed by atoms with van der Waals surface area (Å²) in [5, 5.41) is 7.35. The quantitative estimate of drug-likeness (QED) is 0.785. The molecule has 1 aromatic carbocycles. The van der Waals surface area contributed by atoms with E-state index >= 15 is 0 Å². The number of aromatic nitrogens is 2. The Hall–Kier alpha value is -1.57. The minimum atomic E-state index is 0.146. The van der Waals surface area contributed by atoms with Gasteiger partial charge in [-0.25, -0.2) is 0 Å². The van der Waals surface area contributed by atoms with Gasteiger partial charge in [0.15, 0.2) is 0 Å². The summed E-state index contributed by atoms with van der Waals surface area (Å²) >= 11 is 0. The van der Waals surface area contributed by atoms with E-state index in [-0.39, 0.29) is 5.41 Å². The standard InChI is InChI=1S/C15H20N2/c1-10-14(11(2)17-16-10)12-8-6-7-9-13(12)15(3,4)5/h6-9H,1-5H3,(H,16,17). The molecule has 2 rings (SSSR count). The third-order valence-corrected chi connectivity index (χ3v) is 3.13. The lowest BCUT2D eigenvalue weighted by atomic mass is 9.81. The molecule has 0 bridgehead atoms. The smallest absolute Gasteiger partial charge is 0.0672 e. The molecule has 0 spiro atoms. The van der Waals surface area contributed by atoms with Crippen molar-refractivity contribution in [3.63, 3.8) is 0 Å². The van der Waals surface area contributed by atoms with Crippen LogP contribution in [0.5, 0.6) is 0 Å². The van der Waals surface area contributed by atoms with Gasteiger partial charge in [-0.3, -0.25) is 5.10 Å². The topological polar surface area (TPSA) is 28.7 Å². The fraction of sp³-hybridized carbons (Fsp3) is 0.400. The van der Waals surface area contributed by atoms with Crippen molar-refractivity contribution in [2.75, 3.05) is 0 Å². The lowest BCUT2D eigenvalue weighted by molar-refractivity contribution is 0.592. The highest BCUT2D eigenvalue weighted by molar-refractivity contribution is 5.72. The highest BCUT2D eigenvalue weighted by Crippen LogP contribution is 2.35. The van der Waals surface area contributed by atoms with Gasteiger partial charge in [0, 0.05) is 11.3 Å². The van der Waals surface area contributed by atoms with E-state index in [1.807, 2.05) is 0 Å². The van der Waals surface area contributed by atoms with Crippen LogP contribution in [0.15, 0.2) is 24.3 Å². The van der Waals surface area contributed by atoms with E-state index in [1.54, 1.807) is 0 Å². The molecular formula is C15H20N2. The van der Waals surface area contributed by atoms with Crippen molar-refractivity contribution in [2.45, 2.75) is 40.0 Å². The number of hydrogen-bond acceptors (Lipinski definition) is 1. The van der Waals surface area contributed by atoms with Crippen LogP contribution in [0.2, 0.25) is 0 Å². The third-order valence-electron chi connectivity index (χ3n) is 3.13. The zero-order chi connectivity index (χ0) is 12.6. The molecule has 0 radical (unpaired) electrons. The fourth-order valence-electron chi connectivity index (χ4n) is 2.30. The van der Waals surface area contributed by atoms with Gasteiger partial charge in [-0.15, -0.1) is 0 Å². The fourth-order valence-corrected chi connectivity index (χ4v) is 2.30. The minimum Gasteiger partial charge on any atom is -0.282 e. The lowest BCUT2D eigenvalue weighted by Crippen LogP contribution is -2.12. The number of benzene rings is 1. The van der Waals surface area contributed by atoms with E-state index in [1.165, 1.54) is 16.7 Å². The molecule has 0 saturated heterocycles. The number of hydrogen-bond donors (Lipinski definition) is 1. The van der Waals surface area contributed by atoms with E-state index < -0.39 is 0 Å². The SMILES string of the molecule is Cc1n[nH]c(C)c1-c1ccccc1C(C)(C)C. The Bertz CT molecular complexity index is 511. The molecule has 2 aromatic rings. The van der Waals surface area contributed by atoms with Crippen LogP contribution in [0, 0.1) is 13.8 Å². The summed E-state index contributed by atoms with van der Waals surface area (Å²) in [6, 6.07) is 8.60. The monoisotopic (exact) mass is 228 g/mol.